The molecule has 1 N–H and O–H groups in total. The van der Waals surface area contributed by atoms with Gasteiger partial charge in [0, 0.05) is 12.7 Å². The molecule has 0 aromatic heterocycles. The minimum atomic E-state index is 0.513. The lowest BCUT2D eigenvalue weighted by Gasteiger charge is -2.26. The highest BCUT2D eigenvalue weighted by Gasteiger charge is 2.19. The molecular weight excluding hydrogens is 194 g/mol. The summed E-state index contributed by atoms with van der Waals surface area (Å²) in [5.74, 6) is 1.87. The summed E-state index contributed by atoms with van der Waals surface area (Å²) in [7, 11) is 2.00. The van der Waals surface area contributed by atoms with Crippen molar-refractivity contribution in [1.29, 1.82) is 0 Å². The summed E-state index contributed by atoms with van der Waals surface area (Å²) in [6.45, 7) is 13.2. The number of nitrogens with one attached hydrogen (secondary N) is 1. The summed E-state index contributed by atoms with van der Waals surface area (Å²) < 4.78 is 0. The van der Waals surface area contributed by atoms with Crippen LogP contribution in [0.1, 0.15) is 34.1 Å². The molecule has 1 heteroatoms. The van der Waals surface area contributed by atoms with Crippen LogP contribution in [0.25, 0.3) is 0 Å². The van der Waals surface area contributed by atoms with Gasteiger partial charge in [0.15, 0.2) is 0 Å². The zero-order chi connectivity index (χ0) is 12.3. The normalized spacial score (nSPS) is 20.8. The topological polar surface area (TPSA) is 12.0 Å². The van der Waals surface area contributed by atoms with Gasteiger partial charge in [-0.05, 0) is 35.3 Å². The second-order valence-corrected chi connectivity index (χ2v) is 5.27. The van der Waals surface area contributed by atoms with Gasteiger partial charge in [-0.25, -0.2) is 0 Å². The second-order valence-electron chi connectivity index (χ2n) is 5.27. The Labute approximate surface area is 100 Å². The van der Waals surface area contributed by atoms with Crippen molar-refractivity contribution in [1.82, 2.24) is 5.32 Å². The van der Waals surface area contributed by atoms with Crippen LogP contribution >= 0.6 is 0 Å². The van der Waals surface area contributed by atoms with Gasteiger partial charge in [0.1, 0.15) is 0 Å². The Balaban J connectivity index is 2.90. The van der Waals surface area contributed by atoms with E-state index < -0.39 is 0 Å². The van der Waals surface area contributed by atoms with Crippen LogP contribution in [-0.2, 0) is 0 Å². The van der Waals surface area contributed by atoms with Crippen molar-refractivity contribution in [3.63, 3.8) is 0 Å². The predicted molar refractivity (Wildman–Crippen MR) is 72.1 cm³/mol. The Morgan fingerprint density at radius 2 is 2.00 bits per heavy atom. The summed E-state index contributed by atoms with van der Waals surface area (Å²) in [6, 6.07) is 0. The fraction of sp³-hybridized carbons (Fsp3) is 0.600. The lowest BCUT2D eigenvalue weighted by Crippen LogP contribution is -2.19. The minimum Gasteiger partial charge on any atom is -0.388 e. The molecule has 16 heavy (non-hydrogen) atoms. The van der Waals surface area contributed by atoms with E-state index in [1.165, 1.54) is 16.8 Å². The van der Waals surface area contributed by atoms with Gasteiger partial charge in [-0.3, -0.25) is 0 Å². The zero-order valence-electron chi connectivity index (χ0n) is 11.3. The molecule has 90 valence electrons. The first-order chi connectivity index (χ1) is 7.47. The Hall–Kier alpha value is -0.980. The van der Waals surface area contributed by atoms with Crippen LogP contribution in [-0.4, -0.2) is 7.05 Å². The third kappa shape index (κ3) is 2.78. The predicted octanol–water partition coefficient (Wildman–Crippen LogP) is 3.90. The molecule has 1 unspecified atom stereocenters. The summed E-state index contributed by atoms with van der Waals surface area (Å²) in [5, 5.41) is 3.31. The van der Waals surface area contributed by atoms with Gasteiger partial charge in [-0.2, -0.15) is 0 Å². The van der Waals surface area contributed by atoms with Crippen LogP contribution in [0.15, 0.2) is 35.6 Å². The van der Waals surface area contributed by atoms with Crippen molar-refractivity contribution in [3.05, 3.63) is 35.6 Å². The van der Waals surface area contributed by atoms with Crippen LogP contribution in [0.2, 0.25) is 0 Å². The smallest absolute Gasteiger partial charge is 0.0373 e. The molecule has 0 amide bonds. The van der Waals surface area contributed by atoms with Gasteiger partial charge in [-0.15, -0.1) is 0 Å². The third-order valence-corrected chi connectivity index (χ3v) is 3.43. The third-order valence-electron chi connectivity index (χ3n) is 3.43. The molecule has 1 nitrogen and oxygen atoms in total. The van der Waals surface area contributed by atoms with E-state index in [0.717, 1.165) is 6.42 Å². The lowest BCUT2D eigenvalue weighted by molar-refractivity contribution is 0.461. The van der Waals surface area contributed by atoms with E-state index in [9.17, 15) is 0 Å². The molecule has 1 aliphatic carbocycles. The lowest BCUT2D eigenvalue weighted by atomic mass is 9.82. The van der Waals surface area contributed by atoms with Crippen molar-refractivity contribution in [2.24, 2.45) is 17.8 Å². The van der Waals surface area contributed by atoms with Crippen LogP contribution in [0.5, 0.6) is 0 Å². The second kappa shape index (κ2) is 5.38. The van der Waals surface area contributed by atoms with E-state index in [1.807, 2.05) is 7.05 Å². The van der Waals surface area contributed by atoms with E-state index >= 15 is 0 Å². The van der Waals surface area contributed by atoms with Crippen LogP contribution in [0.3, 0.4) is 0 Å². The standard InChI is InChI=1S/C15H25N/c1-10(2)12(5)14-8-7-13(11(3)4)9-15(14)16-6/h8-11,13,16H,5,7H2,1-4,6H3. The Morgan fingerprint density at radius 1 is 1.38 bits per heavy atom. The maximum absolute atomic E-state index is 4.20. The van der Waals surface area contributed by atoms with E-state index in [2.05, 4.69) is 51.7 Å². The van der Waals surface area contributed by atoms with E-state index in [-0.39, 0.29) is 0 Å². The molecule has 0 bridgehead atoms. The molecule has 0 heterocycles. The number of likely N-dealkylation sites (N-methyl/N-ethyl adjacent to an activating group) is 1. The molecule has 1 atom stereocenters. The summed E-state index contributed by atoms with van der Waals surface area (Å²) >= 11 is 0. The molecule has 0 aromatic rings. The van der Waals surface area contributed by atoms with Crippen molar-refractivity contribution in [2.45, 2.75) is 34.1 Å². The van der Waals surface area contributed by atoms with E-state index in [4.69, 9.17) is 0 Å². The highest BCUT2D eigenvalue weighted by molar-refractivity contribution is 5.47. The van der Waals surface area contributed by atoms with Crippen molar-refractivity contribution >= 4 is 0 Å². The van der Waals surface area contributed by atoms with Crippen molar-refractivity contribution in [3.8, 4) is 0 Å². The fourth-order valence-corrected chi connectivity index (χ4v) is 2.03. The molecule has 1 aliphatic rings. The van der Waals surface area contributed by atoms with E-state index in [1.54, 1.807) is 0 Å². The molecule has 1 rings (SSSR count). The van der Waals surface area contributed by atoms with Gasteiger partial charge in [-0.1, -0.05) is 46.4 Å². The summed E-state index contributed by atoms with van der Waals surface area (Å²) in [5.41, 5.74) is 3.81. The molecular formula is C15H25N. The highest BCUT2D eigenvalue weighted by Crippen LogP contribution is 2.32. The number of hydrogen-bond donors (Lipinski definition) is 1. The van der Waals surface area contributed by atoms with Gasteiger partial charge in [0.05, 0.1) is 0 Å². The Bertz CT molecular complexity index is 318. The molecule has 0 saturated heterocycles. The quantitative estimate of drug-likeness (QED) is 0.756. The largest absolute Gasteiger partial charge is 0.388 e. The minimum absolute atomic E-state index is 0.513. The van der Waals surface area contributed by atoms with Gasteiger partial charge >= 0.3 is 0 Å². The van der Waals surface area contributed by atoms with Crippen molar-refractivity contribution in [2.75, 3.05) is 7.05 Å². The van der Waals surface area contributed by atoms with E-state index in [0.29, 0.717) is 17.8 Å². The van der Waals surface area contributed by atoms with Gasteiger partial charge in [0.25, 0.3) is 0 Å². The summed E-state index contributed by atoms with van der Waals surface area (Å²) in [6.07, 6.45) is 5.86. The maximum Gasteiger partial charge on any atom is 0.0373 e. The van der Waals surface area contributed by atoms with Crippen LogP contribution < -0.4 is 5.32 Å². The number of rotatable bonds is 4. The van der Waals surface area contributed by atoms with Crippen molar-refractivity contribution < 1.29 is 0 Å². The van der Waals surface area contributed by atoms with Gasteiger partial charge < -0.3 is 5.32 Å². The Morgan fingerprint density at radius 3 is 2.44 bits per heavy atom. The molecule has 0 aromatic carbocycles. The number of allylic oxidation sites excluding steroid dienone is 3. The molecule has 0 radical (unpaired) electrons. The first-order valence-electron chi connectivity index (χ1n) is 6.26. The first kappa shape index (κ1) is 13.1. The highest BCUT2D eigenvalue weighted by atomic mass is 14.8. The SMILES string of the molecule is C=C(C1=CCC(C(C)C)C=C1NC)C(C)C. The molecule has 0 spiro atoms. The average molecular weight is 219 g/mol. The molecule has 0 fully saturated rings. The van der Waals surface area contributed by atoms with Gasteiger partial charge in [0.2, 0.25) is 0 Å². The first-order valence-corrected chi connectivity index (χ1v) is 6.26. The molecule has 0 saturated carbocycles. The monoisotopic (exact) mass is 219 g/mol. The fourth-order valence-electron chi connectivity index (χ4n) is 2.03. The van der Waals surface area contributed by atoms with Crippen LogP contribution in [0, 0.1) is 17.8 Å². The zero-order valence-corrected chi connectivity index (χ0v) is 11.3. The van der Waals surface area contributed by atoms with Crippen LogP contribution in [0.4, 0.5) is 0 Å². The molecule has 0 aliphatic heterocycles. The average Bonchev–Trinajstić information content (AvgIpc) is 2.26. The Kier molecular flexibility index (Phi) is 4.40. The number of hydrogen-bond acceptors (Lipinski definition) is 1. The summed E-state index contributed by atoms with van der Waals surface area (Å²) in [4.78, 5) is 0. The maximum atomic E-state index is 4.20.